The van der Waals surface area contributed by atoms with Crippen LogP contribution in [0.25, 0.3) is 0 Å². The molecule has 13 nitrogen and oxygen atoms in total. The topological polar surface area (TPSA) is 151 Å². The van der Waals surface area contributed by atoms with E-state index in [9.17, 15) is 14.7 Å². The molecule has 0 radical (unpaired) electrons. The maximum Gasteiger partial charge on any atom is 0.162 e. The standard InChI is InChI=1S/C42H62O13/c1-21-27(13-15-49-21)41(5)14-12-28-26(40(41)45)11-10-25-16-30(29(43)20-42(25,28)6)53-34-18-32(47-8)38(23(3)51-34)55-36-19-33(48-9)39(24(4)52-36)54-35-17-31(46-7)37(44)22(2)50-35/h10,13,15,22-24,26,28,30-39,44H,11-12,14,16-20H2,1-9H3/t22-,23-,24+,26-,28-,30-,31+,32+,33+,34-,35-,36-,37-,38-,39-,41+,42+/m1/s1. The van der Waals surface area contributed by atoms with Crippen molar-refractivity contribution >= 4 is 11.6 Å². The van der Waals surface area contributed by atoms with Crippen LogP contribution in [0.1, 0.15) is 97.3 Å². The van der Waals surface area contributed by atoms with Crippen molar-refractivity contribution < 1.29 is 61.7 Å². The summed E-state index contributed by atoms with van der Waals surface area (Å²) in [5.74, 6) is 1.08. The van der Waals surface area contributed by atoms with Gasteiger partial charge in [-0.3, -0.25) is 9.59 Å². The fourth-order valence-electron chi connectivity index (χ4n) is 10.7. The lowest BCUT2D eigenvalue weighted by atomic mass is 9.49. The summed E-state index contributed by atoms with van der Waals surface area (Å²) in [4.78, 5) is 28.0. The Morgan fingerprint density at radius 2 is 1.36 bits per heavy atom. The molecule has 2 saturated carbocycles. The highest BCUT2D eigenvalue weighted by atomic mass is 16.7. The number of allylic oxidation sites excluding steroid dienone is 1. The molecule has 17 atom stereocenters. The van der Waals surface area contributed by atoms with Crippen LogP contribution in [-0.4, -0.2) is 118 Å². The number of rotatable bonds is 10. The number of ether oxygens (including phenoxy) is 9. The lowest BCUT2D eigenvalue weighted by Crippen LogP contribution is -2.57. The van der Waals surface area contributed by atoms with Gasteiger partial charge in [0.1, 0.15) is 36.0 Å². The highest BCUT2D eigenvalue weighted by Crippen LogP contribution is 2.58. The number of ketones is 2. The van der Waals surface area contributed by atoms with Gasteiger partial charge in [-0.25, -0.2) is 0 Å². The fourth-order valence-corrected chi connectivity index (χ4v) is 10.7. The molecular weight excluding hydrogens is 712 g/mol. The average molecular weight is 775 g/mol. The number of fused-ring (bicyclic) bond motifs is 3. The molecule has 55 heavy (non-hydrogen) atoms. The molecule has 0 amide bonds. The van der Waals surface area contributed by atoms with Crippen LogP contribution < -0.4 is 0 Å². The molecule has 13 heteroatoms. The zero-order chi connectivity index (χ0) is 39.4. The SMILES string of the molecule is CO[C@H]1C[C@@H](O[C@@H]2[C@H](C)O[C@H](O[C@H]3[C@@H](OC)C[C@@H](O[C@@H]4CC5=CC[C@H]6C(=O)[C@](C)(c7ccoc7C)CC[C@H]6[C@@]5(C)CC4=O)O[C@@H]3C)C[C@@H]2OC)O[C@H](C)[C@H]1O. The van der Waals surface area contributed by atoms with E-state index in [4.69, 9.17) is 47.0 Å². The third kappa shape index (κ3) is 7.68. The van der Waals surface area contributed by atoms with Crippen LogP contribution in [-0.2, 0) is 57.6 Å². The number of aryl methyl sites for hydroxylation is 1. The van der Waals surface area contributed by atoms with Gasteiger partial charge >= 0.3 is 0 Å². The highest BCUT2D eigenvalue weighted by Gasteiger charge is 2.57. The molecule has 7 rings (SSSR count). The molecular formula is C42H62O13. The number of hydrogen-bond donors (Lipinski definition) is 1. The number of carbonyl (C=O) groups excluding carboxylic acids is 2. The molecule has 1 aromatic rings. The second kappa shape index (κ2) is 16.3. The van der Waals surface area contributed by atoms with Crippen LogP contribution in [0.4, 0.5) is 0 Å². The number of hydrogen-bond acceptors (Lipinski definition) is 13. The smallest absolute Gasteiger partial charge is 0.162 e. The number of carbonyl (C=O) groups is 2. The van der Waals surface area contributed by atoms with Gasteiger partial charge in [0.2, 0.25) is 0 Å². The molecule has 308 valence electrons. The lowest BCUT2D eigenvalue weighted by Gasteiger charge is -2.54. The second-order valence-corrected chi connectivity index (χ2v) is 17.2. The van der Waals surface area contributed by atoms with Crippen molar-refractivity contribution in [3.8, 4) is 0 Å². The van der Waals surface area contributed by atoms with Crippen molar-refractivity contribution in [1.29, 1.82) is 0 Å². The van der Waals surface area contributed by atoms with Gasteiger partial charge in [-0.05, 0) is 71.3 Å². The van der Waals surface area contributed by atoms with Crippen molar-refractivity contribution in [1.82, 2.24) is 0 Å². The van der Waals surface area contributed by atoms with E-state index in [2.05, 4.69) is 19.9 Å². The summed E-state index contributed by atoms with van der Waals surface area (Å²) >= 11 is 0. The number of methoxy groups -OCH3 is 3. The predicted octanol–water partition coefficient (Wildman–Crippen LogP) is 5.11. The van der Waals surface area contributed by atoms with E-state index >= 15 is 0 Å². The Balaban J connectivity index is 0.951. The van der Waals surface area contributed by atoms with E-state index in [1.54, 1.807) is 34.5 Å². The Morgan fingerprint density at radius 1 is 0.800 bits per heavy atom. The van der Waals surface area contributed by atoms with Gasteiger partial charge in [-0.2, -0.15) is 0 Å². The Morgan fingerprint density at radius 3 is 1.93 bits per heavy atom. The average Bonchev–Trinajstić information content (AvgIpc) is 3.59. The summed E-state index contributed by atoms with van der Waals surface area (Å²) < 4.78 is 60.9. The van der Waals surface area contributed by atoms with Gasteiger partial charge in [0.15, 0.2) is 24.7 Å². The predicted molar refractivity (Wildman–Crippen MR) is 197 cm³/mol. The van der Waals surface area contributed by atoms with Crippen LogP contribution >= 0.6 is 0 Å². The van der Waals surface area contributed by atoms with Crippen molar-refractivity contribution in [2.45, 2.75) is 178 Å². The van der Waals surface area contributed by atoms with E-state index in [0.29, 0.717) is 38.5 Å². The summed E-state index contributed by atoms with van der Waals surface area (Å²) in [6, 6.07) is 1.94. The van der Waals surface area contributed by atoms with Gasteiger partial charge in [0.05, 0.1) is 48.3 Å². The summed E-state index contributed by atoms with van der Waals surface area (Å²) in [6.45, 7) is 11.8. The number of aliphatic hydroxyl groups is 1. The first kappa shape index (κ1) is 41.1. The largest absolute Gasteiger partial charge is 0.469 e. The monoisotopic (exact) mass is 774 g/mol. The maximum absolute atomic E-state index is 14.1. The minimum Gasteiger partial charge on any atom is -0.469 e. The maximum atomic E-state index is 14.1. The quantitative estimate of drug-likeness (QED) is 0.314. The molecule has 0 unspecified atom stereocenters. The van der Waals surface area contributed by atoms with E-state index in [1.807, 2.05) is 26.8 Å². The van der Waals surface area contributed by atoms with E-state index in [-0.39, 0.29) is 41.0 Å². The summed E-state index contributed by atoms with van der Waals surface area (Å²) in [7, 11) is 4.85. The molecule has 0 spiro atoms. The van der Waals surface area contributed by atoms with Gasteiger partial charge in [-0.15, -0.1) is 0 Å². The van der Waals surface area contributed by atoms with Crippen LogP contribution in [0, 0.1) is 24.2 Å². The molecule has 3 saturated heterocycles. The second-order valence-electron chi connectivity index (χ2n) is 17.2. The highest BCUT2D eigenvalue weighted by molar-refractivity contribution is 5.94. The van der Waals surface area contributed by atoms with Crippen LogP contribution in [0.2, 0.25) is 0 Å². The van der Waals surface area contributed by atoms with E-state index < -0.39 is 73.1 Å². The molecule has 1 aromatic heterocycles. The van der Waals surface area contributed by atoms with Gasteiger partial charge in [0, 0.05) is 64.9 Å². The molecule has 3 aliphatic carbocycles. The molecule has 3 aliphatic heterocycles. The van der Waals surface area contributed by atoms with Gasteiger partial charge < -0.3 is 52.2 Å². The molecule has 0 bridgehead atoms. The normalized spacial score (nSPS) is 46.5. The first-order chi connectivity index (χ1) is 26.2. The van der Waals surface area contributed by atoms with Crippen molar-refractivity contribution in [2.24, 2.45) is 17.3 Å². The summed E-state index contributed by atoms with van der Waals surface area (Å²) in [5, 5.41) is 10.4. The minimum absolute atomic E-state index is 0.0457. The summed E-state index contributed by atoms with van der Waals surface area (Å²) in [6.07, 6.45) is 1.65. The Kier molecular flexibility index (Phi) is 12.2. The molecule has 4 heterocycles. The lowest BCUT2D eigenvalue weighted by molar-refractivity contribution is -0.337. The first-order valence-electron chi connectivity index (χ1n) is 20.2. The van der Waals surface area contributed by atoms with Crippen molar-refractivity contribution in [3.05, 3.63) is 35.3 Å². The van der Waals surface area contributed by atoms with Gasteiger partial charge in [-0.1, -0.05) is 18.6 Å². The number of Topliss-reactive ketones (excluding diaryl/α,β-unsaturated/α-hetero) is 2. The van der Waals surface area contributed by atoms with E-state index in [0.717, 1.165) is 24.2 Å². The van der Waals surface area contributed by atoms with Crippen LogP contribution in [0.3, 0.4) is 0 Å². The summed E-state index contributed by atoms with van der Waals surface area (Å²) in [5.41, 5.74) is 1.23. The zero-order valence-corrected chi connectivity index (χ0v) is 33.9. The molecule has 5 fully saturated rings. The first-order valence-corrected chi connectivity index (χ1v) is 20.2. The third-order valence-corrected chi connectivity index (χ3v) is 14.0. The Hall–Kier alpha value is -2.04. The third-order valence-electron chi connectivity index (χ3n) is 14.0. The van der Waals surface area contributed by atoms with E-state index in [1.165, 1.54) is 5.57 Å². The minimum atomic E-state index is -0.735. The molecule has 0 aromatic carbocycles. The zero-order valence-electron chi connectivity index (χ0n) is 33.9. The van der Waals surface area contributed by atoms with Crippen LogP contribution in [0.15, 0.2) is 28.4 Å². The number of aliphatic hydroxyl groups excluding tert-OH is 1. The fraction of sp³-hybridized carbons (Fsp3) is 0.810. The molecule has 1 N–H and O–H groups in total. The Labute approximate surface area is 325 Å². The van der Waals surface area contributed by atoms with Crippen LogP contribution in [0.5, 0.6) is 0 Å². The molecule has 6 aliphatic rings. The van der Waals surface area contributed by atoms with Gasteiger partial charge in [0.25, 0.3) is 0 Å². The van der Waals surface area contributed by atoms with Crippen molar-refractivity contribution in [3.63, 3.8) is 0 Å². The van der Waals surface area contributed by atoms with Crippen molar-refractivity contribution in [2.75, 3.05) is 21.3 Å². The number of furan rings is 1. The Bertz CT molecular complexity index is 1560.